The smallest absolute Gasteiger partial charge is 0.408 e. The Bertz CT molecular complexity index is 500. The van der Waals surface area contributed by atoms with Crippen LogP contribution >= 0.6 is 0 Å². The average Bonchev–Trinajstić information content (AvgIpc) is 2.51. The van der Waals surface area contributed by atoms with Crippen LogP contribution in [0.3, 0.4) is 0 Å². The van der Waals surface area contributed by atoms with Crippen molar-refractivity contribution in [3.05, 3.63) is 0 Å². The van der Waals surface area contributed by atoms with Gasteiger partial charge in [0.05, 0.1) is 5.92 Å². The maximum atomic E-state index is 12.6. The summed E-state index contributed by atoms with van der Waals surface area (Å²) >= 11 is 0. The Balaban J connectivity index is 4.80. The molecule has 0 aromatic rings. The Hall–Kier alpha value is -1.79. The second-order valence-electron chi connectivity index (χ2n) is 9.08. The van der Waals surface area contributed by atoms with Crippen molar-refractivity contribution in [1.29, 1.82) is 0 Å². The summed E-state index contributed by atoms with van der Waals surface area (Å²) in [4.78, 5) is 36.1. The number of rotatable bonds is 12. The van der Waals surface area contributed by atoms with Crippen molar-refractivity contribution in [3.8, 4) is 0 Å². The van der Waals surface area contributed by atoms with Gasteiger partial charge < -0.3 is 20.5 Å². The molecule has 0 heterocycles. The maximum absolute atomic E-state index is 12.6. The number of hydrogen-bond donors (Lipinski definition) is 3. The van der Waals surface area contributed by atoms with Gasteiger partial charge in [0.15, 0.2) is 0 Å². The van der Waals surface area contributed by atoms with Crippen LogP contribution in [0, 0.1) is 17.8 Å². The number of ether oxygens (including phenoxy) is 1. The third-order valence-corrected chi connectivity index (χ3v) is 4.38. The third-order valence-electron chi connectivity index (χ3n) is 4.38. The van der Waals surface area contributed by atoms with E-state index in [0.29, 0.717) is 18.8 Å². The molecule has 0 aromatic heterocycles. The van der Waals surface area contributed by atoms with Crippen molar-refractivity contribution in [1.82, 2.24) is 10.6 Å². The predicted octanol–water partition coefficient (Wildman–Crippen LogP) is 3.96. The molecule has 0 aromatic carbocycles. The van der Waals surface area contributed by atoms with Gasteiger partial charge in [-0.05, 0) is 51.9 Å². The lowest BCUT2D eigenvalue weighted by Crippen LogP contribution is -2.50. The molecule has 0 fully saturated rings. The number of amides is 2. The molecule has 0 aliphatic heterocycles. The summed E-state index contributed by atoms with van der Waals surface area (Å²) in [6, 6.07) is -0.761. The van der Waals surface area contributed by atoms with Crippen molar-refractivity contribution >= 4 is 18.0 Å². The lowest BCUT2D eigenvalue weighted by atomic mass is 9.94. The molecule has 3 N–H and O–H groups in total. The molecule has 0 saturated carbocycles. The molecular formula is C21H40N2O5. The van der Waals surface area contributed by atoms with Gasteiger partial charge in [0.2, 0.25) is 5.91 Å². The summed E-state index contributed by atoms with van der Waals surface area (Å²) < 4.78 is 5.23. The van der Waals surface area contributed by atoms with Gasteiger partial charge in [-0.1, -0.05) is 40.5 Å². The van der Waals surface area contributed by atoms with Crippen LogP contribution in [0.4, 0.5) is 4.79 Å². The van der Waals surface area contributed by atoms with Gasteiger partial charge >= 0.3 is 12.1 Å². The number of nitrogens with one attached hydrogen (secondary N) is 2. The van der Waals surface area contributed by atoms with E-state index in [1.54, 1.807) is 20.8 Å². The Labute approximate surface area is 170 Å². The Morgan fingerprint density at radius 1 is 1.04 bits per heavy atom. The fraction of sp³-hybridized carbons (Fsp3) is 0.857. The molecule has 0 radical (unpaired) electrons. The molecule has 0 rings (SSSR count). The van der Waals surface area contributed by atoms with Crippen LogP contribution < -0.4 is 10.6 Å². The van der Waals surface area contributed by atoms with Gasteiger partial charge in [-0.15, -0.1) is 0 Å². The second kappa shape index (κ2) is 12.6. The first-order valence-corrected chi connectivity index (χ1v) is 10.4. The number of hydrogen-bond acceptors (Lipinski definition) is 4. The van der Waals surface area contributed by atoms with Crippen molar-refractivity contribution < 1.29 is 24.2 Å². The summed E-state index contributed by atoms with van der Waals surface area (Å²) in [6.07, 6.45) is 3.25. The average molecular weight is 401 g/mol. The highest BCUT2D eigenvalue weighted by molar-refractivity contribution is 5.86. The second-order valence-corrected chi connectivity index (χ2v) is 9.08. The van der Waals surface area contributed by atoms with E-state index in [0.717, 1.165) is 19.3 Å². The minimum absolute atomic E-state index is 0.0532. The minimum atomic E-state index is -0.912. The SMILES string of the molecule is CCCC(C)CCC(CNC(=O)C(CC(C)C)NC(=O)OC(C)(C)C)C(=O)O. The Kier molecular flexibility index (Phi) is 11.8. The van der Waals surface area contributed by atoms with Crippen LogP contribution in [-0.2, 0) is 14.3 Å². The largest absolute Gasteiger partial charge is 0.481 e. The zero-order valence-electron chi connectivity index (χ0n) is 18.6. The van der Waals surface area contributed by atoms with Crippen molar-refractivity contribution in [3.63, 3.8) is 0 Å². The van der Waals surface area contributed by atoms with E-state index in [9.17, 15) is 19.5 Å². The number of carbonyl (C=O) groups excluding carboxylic acids is 2. The van der Waals surface area contributed by atoms with Gasteiger partial charge in [0.25, 0.3) is 0 Å². The molecule has 0 spiro atoms. The number of carboxylic acid groups (broad SMARTS) is 1. The topological polar surface area (TPSA) is 105 Å². The molecule has 7 nitrogen and oxygen atoms in total. The van der Waals surface area contributed by atoms with Gasteiger partial charge in [0.1, 0.15) is 11.6 Å². The quantitative estimate of drug-likeness (QED) is 0.460. The van der Waals surface area contributed by atoms with Crippen LogP contribution in [-0.4, -0.2) is 41.3 Å². The van der Waals surface area contributed by atoms with Crippen LogP contribution in [0.2, 0.25) is 0 Å². The highest BCUT2D eigenvalue weighted by Gasteiger charge is 2.26. The minimum Gasteiger partial charge on any atom is -0.481 e. The van der Waals surface area contributed by atoms with Crippen molar-refractivity contribution in [2.75, 3.05) is 6.54 Å². The molecule has 0 aliphatic rings. The van der Waals surface area contributed by atoms with Gasteiger partial charge in [-0.3, -0.25) is 9.59 Å². The first kappa shape index (κ1) is 26.2. The summed E-state index contributed by atoms with van der Waals surface area (Å²) in [6.45, 7) is 13.4. The van der Waals surface area contributed by atoms with Crippen LogP contribution in [0.25, 0.3) is 0 Å². The van der Waals surface area contributed by atoms with E-state index in [1.165, 1.54) is 0 Å². The van der Waals surface area contributed by atoms with Crippen molar-refractivity contribution in [2.45, 2.75) is 92.2 Å². The number of alkyl carbamates (subject to hydrolysis) is 1. The predicted molar refractivity (Wildman–Crippen MR) is 110 cm³/mol. The number of aliphatic carboxylic acids is 1. The first-order valence-electron chi connectivity index (χ1n) is 10.4. The lowest BCUT2D eigenvalue weighted by molar-refractivity contribution is -0.142. The Morgan fingerprint density at radius 2 is 1.64 bits per heavy atom. The fourth-order valence-electron chi connectivity index (χ4n) is 2.94. The molecule has 7 heteroatoms. The standard InChI is InChI=1S/C21H40N2O5/c1-8-9-15(4)10-11-16(19(25)26)13-22-18(24)17(12-14(2)3)23-20(27)28-21(5,6)7/h14-17H,8-13H2,1-7H3,(H,22,24)(H,23,27)(H,25,26). The highest BCUT2D eigenvalue weighted by Crippen LogP contribution is 2.17. The summed E-state index contributed by atoms with van der Waals surface area (Å²) in [5.41, 5.74) is -0.660. The summed E-state index contributed by atoms with van der Waals surface area (Å²) in [7, 11) is 0. The van der Waals surface area contributed by atoms with E-state index >= 15 is 0 Å². The molecule has 0 aliphatic carbocycles. The molecule has 3 unspecified atom stereocenters. The number of carbonyl (C=O) groups is 3. The third kappa shape index (κ3) is 12.6. The first-order chi connectivity index (χ1) is 12.9. The van der Waals surface area contributed by atoms with E-state index in [4.69, 9.17) is 4.74 Å². The fourth-order valence-corrected chi connectivity index (χ4v) is 2.94. The van der Waals surface area contributed by atoms with E-state index in [2.05, 4.69) is 24.5 Å². The normalized spacial score (nSPS) is 14.9. The monoisotopic (exact) mass is 400 g/mol. The molecule has 28 heavy (non-hydrogen) atoms. The highest BCUT2D eigenvalue weighted by atomic mass is 16.6. The zero-order chi connectivity index (χ0) is 21.9. The molecular weight excluding hydrogens is 360 g/mol. The van der Waals surface area contributed by atoms with Crippen LogP contribution in [0.15, 0.2) is 0 Å². The molecule has 164 valence electrons. The molecule has 2 amide bonds. The molecule has 3 atom stereocenters. The van der Waals surface area contributed by atoms with Crippen LogP contribution in [0.5, 0.6) is 0 Å². The molecule has 0 saturated heterocycles. The van der Waals surface area contributed by atoms with Gasteiger partial charge in [-0.25, -0.2) is 4.79 Å². The Morgan fingerprint density at radius 3 is 2.11 bits per heavy atom. The van der Waals surface area contributed by atoms with Crippen LogP contribution in [0.1, 0.15) is 80.6 Å². The maximum Gasteiger partial charge on any atom is 0.408 e. The van der Waals surface area contributed by atoms with E-state index < -0.39 is 29.6 Å². The van der Waals surface area contributed by atoms with Gasteiger partial charge in [-0.2, -0.15) is 0 Å². The van der Waals surface area contributed by atoms with E-state index in [1.807, 2.05) is 13.8 Å². The zero-order valence-corrected chi connectivity index (χ0v) is 18.6. The molecule has 0 bridgehead atoms. The number of carboxylic acids is 1. The van der Waals surface area contributed by atoms with Crippen molar-refractivity contribution in [2.24, 2.45) is 17.8 Å². The summed E-state index contributed by atoms with van der Waals surface area (Å²) in [5, 5.41) is 14.8. The summed E-state index contributed by atoms with van der Waals surface area (Å²) in [5.74, 6) is -1.29. The van der Waals surface area contributed by atoms with Gasteiger partial charge in [0, 0.05) is 6.54 Å². The van der Waals surface area contributed by atoms with E-state index in [-0.39, 0.29) is 18.4 Å². The lowest BCUT2D eigenvalue weighted by Gasteiger charge is -2.24.